The number of nitrogens with zero attached hydrogens (tertiary/aromatic N) is 1. The summed E-state index contributed by atoms with van der Waals surface area (Å²) in [5.74, 6) is 0.570. The molecule has 110 valence electrons. The van der Waals surface area contributed by atoms with E-state index in [0.717, 1.165) is 24.5 Å². The quantitative estimate of drug-likeness (QED) is 0.835. The van der Waals surface area contributed by atoms with Crippen molar-refractivity contribution in [1.82, 2.24) is 10.2 Å². The van der Waals surface area contributed by atoms with Crippen LogP contribution in [0.25, 0.3) is 0 Å². The van der Waals surface area contributed by atoms with E-state index in [1.165, 1.54) is 25.0 Å². The van der Waals surface area contributed by atoms with E-state index in [0.29, 0.717) is 5.02 Å². The SMILES string of the molecule is O=C(Oc1cc(CCC2CC2)[nH]n1)c1ccc(Cl)cc1Cl. The number of benzene rings is 1. The number of ether oxygens (including phenoxy) is 1. The van der Waals surface area contributed by atoms with Crippen molar-refractivity contribution in [1.29, 1.82) is 0 Å². The van der Waals surface area contributed by atoms with Crippen molar-refractivity contribution >= 4 is 29.2 Å². The molecule has 1 aromatic carbocycles. The van der Waals surface area contributed by atoms with E-state index < -0.39 is 5.97 Å². The van der Waals surface area contributed by atoms with Crippen LogP contribution in [0.1, 0.15) is 35.3 Å². The van der Waals surface area contributed by atoms with E-state index in [1.807, 2.05) is 0 Å². The zero-order valence-electron chi connectivity index (χ0n) is 11.2. The van der Waals surface area contributed by atoms with Gasteiger partial charge in [0.2, 0.25) is 5.88 Å². The van der Waals surface area contributed by atoms with Crippen LogP contribution < -0.4 is 4.74 Å². The van der Waals surface area contributed by atoms with Crippen molar-refractivity contribution in [2.75, 3.05) is 0 Å². The van der Waals surface area contributed by atoms with Gasteiger partial charge in [0.15, 0.2) is 0 Å². The van der Waals surface area contributed by atoms with Gasteiger partial charge in [-0.05, 0) is 37.0 Å². The fourth-order valence-electron chi connectivity index (χ4n) is 2.09. The second kappa shape index (κ2) is 6.08. The molecule has 21 heavy (non-hydrogen) atoms. The molecule has 0 amide bonds. The number of H-pyrrole nitrogens is 1. The molecule has 1 saturated carbocycles. The highest BCUT2D eigenvalue weighted by Gasteiger charge is 2.21. The van der Waals surface area contributed by atoms with Crippen LogP contribution in [-0.2, 0) is 6.42 Å². The maximum atomic E-state index is 12.0. The molecule has 0 radical (unpaired) electrons. The van der Waals surface area contributed by atoms with Crippen molar-refractivity contribution in [3.63, 3.8) is 0 Å². The van der Waals surface area contributed by atoms with Gasteiger partial charge in [-0.3, -0.25) is 5.10 Å². The molecule has 6 heteroatoms. The molecule has 3 rings (SSSR count). The highest BCUT2D eigenvalue weighted by molar-refractivity contribution is 6.36. The molecule has 2 aromatic rings. The predicted molar refractivity (Wildman–Crippen MR) is 81.1 cm³/mol. The third kappa shape index (κ3) is 3.77. The minimum absolute atomic E-state index is 0.261. The Balaban J connectivity index is 1.63. The second-order valence-corrected chi connectivity index (χ2v) is 6.07. The maximum Gasteiger partial charge on any atom is 0.346 e. The molecule has 1 aliphatic rings. The number of hydrogen-bond donors (Lipinski definition) is 1. The van der Waals surface area contributed by atoms with Crippen molar-refractivity contribution in [2.45, 2.75) is 25.7 Å². The van der Waals surface area contributed by atoms with Gasteiger partial charge in [0.1, 0.15) is 0 Å². The van der Waals surface area contributed by atoms with Crippen LogP contribution in [-0.4, -0.2) is 16.2 Å². The van der Waals surface area contributed by atoms with Crippen LogP contribution in [0, 0.1) is 5.92 Å². The summed E-state index contributed by atoms with van der Waals surface area (Å²) in [7, 11) is 0. The lowest BCUT2D eigenvalue weighted by Gasteiger charge is -2.03. The monoisotopic (exact) mass is 324 g/mol. The minimum Gasteiger partial charge on any atom is -0.402 e. The summed E-state index contributed by atoms with van der Waals surface area (Å²) >= 11 is 11.8. The predicted octanol–water partition coefficient (Wildman–Crippen LogP) is 4.28. The largest absolute Gasteiger partial charge is 0.402 e. The first-order valence-electron chi connectivity index (χ1n) is 6.83. The fourth-order valence-corrected chi connectivity index (χ4v) is 2.58. The summed E-state index contributed by atoms with van der Waals surface area (Å²) in [5, 5.41) is 7.61. The topological polar surface area (TPSA) is 55.0 Å². The Hall–Kier alpha value is -1.52. The Labute approximate surface area is 132 Å². The van der Waals surface area contributed by atoms with E-state index >= 15 is 0 Å². The van der Waals surface area contributed by atoms with Crippen LogP contribution in [0.3, 0.4) is 0 Å². The average molecular weight is 325 g/mol. The molecule has 0 spiro atoms. The molecule has 1 heterocycles. The third-order valence-electron chi connectivity index (χ3n) is 3.47. The Morgan fingerprint density at radius 1 is 1.33 bits per heavy atom. The number of esters is 1. The number of aromatic amines is 1. The molecule has 0 unspecified atom stereocenters. The molecule has 1 aromatic heterocycles. The molecule has 1 fully saturated rings. The van der Waals surface area contributed by atoms with E-state index in [9.17, 15) is 4.79 Å². The number of aromatic nitrogens is 2. The highest BCUT2D eigenvalue weighted by atomic mass is 35.5. The van der Waals surface area contributed by atoms with Crippen LogP contribution in [0.15, 0.2) is 24.3 Å². The van der Waals surface area contributed by atoms with Gasteiger partial charge in [0, 0.05) is 16.8 Å². The zero-order chi connectivity index (χ0) is 14.8. The standard InChI is InChI=1S/C15H14Cl2N2O2/c16-10-4-6-12(13(17)7-10)15(20)21-14-8-11(18-19-14)5-3-9-1-2-9/h4,6-9H,1-3,5H2,(H,18,19). The fraction of sp³-hybridized carbons (Fsp3) is 0.333. The van der Waals surface area contributed by atoms with Crippen LogP contribution >= 0.6 is 23.2 Å². The number of carbonyl (C=O) groups is 1. The number of rotatable bonds is 5. The lowest BCUT2D eigenvalue weighted by molar-refractivity contribution is 0.0727. The van der Waals surface area contributed by atoms with Crippen LogP contribution in [0.2, 0.25) is 10.0 Å². The van der Waals surface area contributed by atoms with Gasteiger partial charge in [-0.2, -0.15) is 0 Å². The first-order chi connectivity index (χ1) is 10.1. The molecule has 0 aliphatic heterocycles. The van der Waals surface area contributed by atoms with Crippen molar-refractivity contribution in [2.24, 2.45) is 5.92 Å². The first-order valence-corrected chi connectivity index (χ1v) is 7.59. The van der Waals surface area contributed by atoms with Gasteiger partial charge in [-0.25, -0.2) is 4.79 Å². The smallest absolute Gasteiger partial charge is 0.346 e. The van der Waals surface area contributed by atoms with Crippen LogP contribution in [0.5, 0.6) is 5.88 Å². The number of carbonyl (C=O) groups excluding carboxylic acids is 1. The number of halogens is 2. The van der Waals surface area contributed by atoms with Crippen molar-refractivity contribution in [3.8, 4) is 5.88 Å². The number of nitrogens with one attached hydrogen (secondary N) is 1. The summed E-state index contributed by atoms with van der Waals surface area (Å²) < 4.78 is 5.22. The molecular weight excluding hydrogens is 311 g/mol. The molecule has 4 nitrogen and oxygen atoms in total. The lowest BCUT2D eigenvalue weighted by Crippen LogP contribution is -2.09. The normalized spacial score (nSPS) is 14.2. The number of hydrogen-bond acceptors (Lipinski definition) is 3. The van der Waals surface area contributed by atoms with E-state index in [1.54, 1.807) is 12.1 Å². The van der Waals surface area contributed by atoms with Gasteiger partial charge in [-0.1, -0.05) is 36.0 Å². The Bertz CT molecular complexity index is 665. The Morgan fingerprint density at radius 2 is 2.14 bits per heavy atom. The van der Waals surface area contributed by atoms with E-state index in [2.05, 4.69) is 10.2 Å². The highest BCUT2D eigenvalue weighted by Crippen LogP contribution is 2.33. The maximum absolute atomic E-state index is 12.0. The second-order valence-electron chi connectivity index (χ2n) is 5.23. The van der Waals surface area contributed by atoms with Crippen LogP contribution in [0.4, 0.5) is 0 Å². The summed E-state index contributed by atoms with van der Waals surface area (Å²) in [4.78, 5) is 12.0. The first kappa shape index (κ1) is 14.4. The van der Waals surface area contributed by atoms with Gasteiger partial charge >= 0.3 is 5.97 Å². The molecule has 1 N–H and O–H groups in total. The summed E-state index contributed by atoms with van der Waals surface area (Å²) in [6, 6.07) is 6.39. The molecule has 0 saturated heterocycles. The van der Waals surface area contributed by atoms with E-state index in [-0.39, 0.29) is 16.5 Å². The lowest BCUT2D eigenvalue weighted by atomic mass is 10.2. The molecule has 0 atom stereocenters. The van der Waals surface area contributed by atoms with Gasteiger partial charge < -0.3 is 4.74 Å². The van der Waals surface area contributed by atoms with Crippen molar-refractivity contribution < 1.29 is 9.53 Å². The van der Waals surface area contributed by atoms with Crippen molar-refractivity contribution in [3.05, 3.63) is 45.6 Å². The Kier molecular flexibility index (Phi) is 4.17. The molecule has 0 bridgehead atoms. The summed E-state index contributed by atoms with van der Waals surface area (Å²) in [6.07, 6.45) is 4.73. The Morgan fingerprint density at radius 3 is 2.86 bits per heavy atom. The van der Waals surface area contributed by atoms with E-state index in [4.69, 9.17) is 27.9 Å². The third-order valence-corrected chi connectivity index (χ3v) is 4.02. The zero-order valence-corrected chi connectivity index (χ0v) is 12.7. The minimum atomic E-state index is -0.545. The van der Waals surface area contributed by atoms with Gasteiger partial charge in [0.05, 0.1) is 10.6 Å². The van der Waals surface area contributed by atoms with Gasteiger partial charge in [-0.15, -0.1) is 5.10 Å². The molecule has 1 aliphatic carbocycles. The average Bonchev–Trinajstić information content (AvgIpc) is 3.16. The summed E-state index contributed by atoms with van der Waals surface area (Å²) in [6.45, 7) is 0. The molecular formula is C15H14Cl2N2O2. The van der Waals surface area contributed by atoms with Gasteiger partial charge in [0.25, 0.3) is 0 Å². The summed E-state index contributed by atoms with van der Waals surface area (Å²) in [5.41, 5.74) is 1.25. The number of aryl methyl sites for hydroxylation is 1.